The predicted molar refractivity (Wildman–Crippen MR) is 142 cm³/mol. The van der Waals surface area contributed by atoms with E-state index in [1.54, 1.807) is 0 Å². The number of aliphatic imine (C=N–C) groups is 1. The molecule has 3 heterocycles. The number of piperidine rings is 2. The van der Waals surface area contributed by atoms with Crippen molar-refractivity contribution in [2.24, 2.45) is 10.9 Å². The normalized spacial score (nSPS) is 23.3. The SMILES string of the molecule is CN=C(NCc1ccc(N2CCC(C)CC2)cc1)N1CCC(OCC2CCCO2)CC1.I. The minimum Gasteiger partial charge on any atom is -0.376 e. The molecule has 7 heteroatoms. The van der Waals surface area contributed by atoms with Crippen molar-refractivity contribution in [3.63, 3.8) is 0 Å². The fraction of sp³-hybridized carbons (Fsp3) is 0.720. The molecule has 3 aliphatic heterocycles. The summed E-state index contributed by atoms with van der Waals surface area (Å²) in [5.74, 6) is 1.86. The van der Waals surface area contributed by atoms with Crippen LogP contribution in [0, 0.1) is 5.92 Å². The van der Waals surface area contributed by atoms with E-state index in [2.05, 4.69) is 51.3 Å². The lowest BCUT2D eigenvalue weighted by Gasteiger charge is -2.34. The van der Waals surface area contributed by atoms with Crippen molar-refractivity contribution in [1.29, 1.82) is 0 Å². The monoisotopic (exact) mass is 556 g/mol. The minimum atomic E-state index is 0. The summed E-state index contributed by atoms with van der Waals surface area (Å²) in [5.41, 5.74) is 2.65. The summed E-state index contributed by atoms with van der Waals surface area (Å²) in [7, 11) is 1.88. The molecule has 0 spiro atoms. The molecule has 0 saturated carbocycles. The van der Waals surface area contributed by atoms with Gasteiger partial charge in [0.15, 0.2) is 5.96 Å². The Morgan fingerprint density at radius 1 is 1.06 bits per heavy atom. The molecule has 1 atom stereocenters. The molecule has 0 radical (unpaired) electrons. The van der Waals surface area contributed by atoms with E-state index in [9.17, 15) is 0 Å². The molecule has 1 unspecified atom stereocenters. The quantitative estimate of drug-likeness (QED) is 0.322. The molecule has 6 nitrogen and oxygen atoms in total. The summed E-state index contributed by atoms with van der Waals surface area (Å²) in [6, 6.07) is 9.04. The molecule has 1 N–H and O–H groups in total. The first-order valence-corrected chi connectivity index (χ1v) is 12.2. The predicted octanol–water partition coefficient (Wildman–Crippen LogP) is 4.28. The number of likely N-dealkylation sites (tertiary alicyclic amines) is 1. The summed E-state index contributed by atoms with van der Waals surface area (Å²) in [6.07, 6.45) is 7.70. The van der Waals surface area contributed by atoms with Gasteiger partial charge in [0.2, 0.25) is 0 Å². The van der Waals surface area contributed by atoms with Crippen LogP contribution in [0.3, 0.4) is 0 Å². The van der Waals surface area contributed by atoms with Gasteiger partial charge in [0.25, 0.3) is 0 Å². The van der Waals surface area contributed by atoms with Crippen LogP contribution in [0.5, 0.6) is 0 Å². The first kappa shape index (κ1) is 25.6. The van der Waals surface area contributed by atoms with Gasteiger partial charge < -0.3 is 24.6 Å². The second-order valence-corrected chi connectivity index (χ2v) is 9.39. The zero-order valence-corrected chi connectivity index (χ0v) is 22.1. The number of halogens is 1. The van der Waals surface area contributed by atoms with Gasteiger partial charge in [0.05, 0.1) is 18.8 Å². The lowest BCUT2D eigenvalue weighted by Crippen LogP contribution is -2.47. The van der Waals surface area contributed by atoms with Crippen LogP contribution in [0.15, 0.2) is 29.3 Å². The number of anilines is 1. The average Bonchev–Trinajstić information content (AvgIpc) is 3.34. The zero-order valence-electron chi connectivity index (χ0n) is 19.8. The number of benzene rings is 1. The summed E-state index contributed by atoms with van der Waals surface area (Å²) in [4.78, 5) is 9.39. The van der Waals surface area contributed by atoms with Crippen molar-refractivity contribution < 1.29 is 9.47 Å². The number of guanidine groups is 1. The molecular weight excluding hydrogens is 515 g/mol. The Labute approximate surface area is 211 Å². The Hall–Kier alpha value is -1.06. The van der Waals surface area contributed by atoms with E-state index in [-0.39, 0.29) is 24.0 Å². The molecule has 4 rings (SSSR count). The largest absolute Gasteiger partial charge is 0.376 e. The first-order valence-electron chi connectivity index (χ1n) is 12.2. The number of nitrogens with one attached hydrogen (secondary N) is 1. The van der Waals surface area contributed by atoms with Gasteiger partial charge in [0, 0.05) is 52.1 Å². The molecule has 3 aliphatic rings. The fourth-order valence-electron chi connectivity index (χ4n) is 4.86. The number of nitrogens with zero attached hydrogens (tertiary/aromatic N) is 3. The van der Waals surface area contributed by atoms with Gasteiger partial charge in [-0.15, -0.1) is 24.0 Å². The fourth-order valence-corrected chi connectivity index (χ4v) is 4.86. The van der Waals surface area contributed by atoms with Crippen LogP contribution in [0.2, 0.25) is 0 Å². The number of hydrogen-bond donors (Lipinski definition) is 1. The average molecular weight is 557 g/mol. The van der Waals surface area contributed by atoms with Gasteiger partial charge in [0.1, 0.15) is 0 Å². The Kier molecular flexibility index (Phi) is 10.4. The molecule has 180 valence electrons. The van der Waals surface area contributed by atoms with Gasteiger partial charge in [-0.25, -0.2) is 0 Å². The standard InChI is InChI=1S/C25H40N4O2.HI/c1-20-9-13-28(14-10-20)22-7-5-21(6-8-22)18-27-25(26-2)29-15-11-23(12-16-29)31-19-24-4-3-17-30-24;/h5-8,20,23-24H,3-4,9-19H2,1-2H3,(H,26,27);1H. The van der Waals surface area contributed by atoms with E-state index >= 15 is 0 Å². The van der Waals surface area contributed by atoms with Crippen LogP contribution in [0.1, 0.15) is 51.0 Å². The maximum absolute atomic E-state index is 6.11. The lowest BCUT2D eigenvalue weighted by atomic mass is 9.99. The number of rotatable bonds is 6. The molecule has 3 saturated heterocycles. The van der Waals surface area contributed by atoms with Crippen LogP contribution < -0.4 is 10.2 Å². The molecule has 0 amide bonds. The van der Waals surface area contributed by atoms with Crippen LogP contribution in [0.4, 0.5) is 5.69 Å². The van der Waals surface area contributed by atoms with Crippen molar-refractivity contribution in [2.45, 2.75) is 64.2 Å². The molecule has 3 fully saturated rings. The first-order chi connectivity index (χ1) is 15.2. The Bertz CT molecular complexity index is 692. The highest BCUT2D eigenvalue weighted by Gasteiger charge is 2.24. The summed E-state index contributed by atoms with van der Waals surface area (Å²) < 4.78 is 11.8. The van der Waals surface area contributed by atoms with Gasteiger partial charge in [-0.3, -0.25) is 4.99 Å². The summed E-state index contributed by atoms with van der Waals surface area (Å²) >= 11 is 0. The third-order valence-electron chi connectivity index (χ3n) is 7.03. The minimum absolute atomic E-state index is 0. The van der Waals surface area contributed by atoms with Crippen LogP contribution >= 0.6 is 24.0 Å². The second kappa shape index (κ2) is 13.0. The lowest BCUT2D eigenvalue weighted by molar-refractivity contribution is -0.0367. The third kappa shape index (κ3) is 7.22. The molecule has 32 heavy (non-hydrogen) atoms. The summed E-state index contributed by atoms with van der Waals surface area (Å²) in [6.45, 7) is 9.15. The van der Waals surface area contributed by atoms with Gasteiger partial charge in [-0.05, 0) is 62.1 Å². The Morgan fingerprint density at radius 3 is 2.41 bits per heavy atom. The molecular formula is C25H41IN4O2. The van der Waals surface area contributed by atoms with Gasteiger partial charge in [-0.1, -0.05) is 19.1 Å². The van der Waals surface area contributed by atoms with Crippen molar-refractivity contribution in [3.05, 3.63) is 29.8 Å². The topological polar surface area (TPSA) is 49.3 Å². The second-order valence-electron chi connectivity index (χ2n) is 9.39. The molecule has 1 aromatic carbocycles. The van der Waals surface area contributed by atoms with Crippen molar-refractivity contribution in [1.82, 2.24) is 10.2 Å². The van der Waals surface area contributed by atoms with Gasteiger partial charge in [-0.2, -0.15) is 0 Å². The number of ether oxygens (including phenoxy) is 2. The molecule has 0 bridgehead atoms. The summed E-state index contributed by atoms with van der Waals surface area (Å²) in [5, 5.41) is 3.55. The Morgan fingerprint density at radius 2 is 1.78 bits per heavy atom. The maximum atomic E-state index is 6.11. The van der Waals surface area contributed by atoms with Gasteiger partial charge >= 0.3 is 0 Å². The molecule has 1 aromatic rings. The van der Waals surface area contributed by atoms with E-state index in [0.717, 1.165) is 64.0 Å². The Balaban J connectivity index is 0.00000289. The highest BCUT2D eigenvalue weighted by atomic mass is 127. The van der Waals surface area contributed by atoms with E-state index < -0.39 is 0 Å². The van der Waals surface area contributed by atoms with E-state index in [0.29, 0.717) is 12.2 Å². The van der Waals surface area contributed by atoms with E-state index in [1.165, 1.54) is 43.6 Å². The van der Waals surface area contributed by atoms with Crippen LogP contribution in [0.25, 0.3) is 0 Å². The molecule has 0 aromatic heterocycles. The van der Waals surface area contributed by atoms with E-state index in [4.69, 9.17) is 9.47 Å². The highest BCUT2D eigenvalue weighted by Crippen LogP contribution is 2.23. The van der Waals surface area contributed by atoms with Crippen molar-refractivity contribution >= 4 is 35.6 Å². The van der Waals surface area contributed by atoms with Crippen molar-refractivity contribution in [3.8, 4) is 0 Å². The van der Waals surface area contributed by atoms with Crippen LogP contribution in [-0.2, 0) is 16.0 Å². The number of hydrogen-bond acceptors (Lipinski definition) is 4. The zero-order chi connectivity index (χ0) is 21.5. The van der Waals surface area contributed by atoms with E-state index in [1.807, 2.05) is 7.05 Å². The van der Waals surface area contributed by atoms with Crippen LogP contribution in [-0.4, -0.2) is 69.5 Å². The maximum Gasteiger partial charge on any atom is 0.193 e. The smallest absolute Gasteiger partial charge is 0.193 e. The highest BCUT2D eigenvalue weighted by molar-refractivity contribution is 14.0. The molecule has 0 aliphatic carbocycles. The third-order valence-corrected chi connectivity index (χ3v) is 7.03. The van der Waals surface area contributed by atoms with Crippen molar-refractivity contribution in [2.75, 3.05) is 51.3 Å².